The molecule has 394 valence electrons. The van der Waals surface area contributed by atoms with Crippen molar-refractivity contribution in [2.24, 2.45) is 5.92 Å². The summed E-state index contributed by atoms with van der Waals surface area (Å²) in [6, 6.07) is 12.4. The van der Waals surface area contributed by atoms with Gasteiger partial charge in [0.25, 0.3) is 0 Å². The largest absolute Gasteiger partial charge is 0.508 e. The summed E-state index contributed by atoms with van der Waals surface area (Å²) in [7, 11) is 1.58. The Hall–Kier alpha value is -5.98. The van der Waals surface area contributed by atoms with Crippen LogP contribution in [0.25, 0.3) is 32.9 Å². The minimum absolute atomic E-state index is 0.0715. The summed E-state index contributed by atoms with van der Waals surface area (Å²) in [4.78, 5) is 51.2. The molecule has 8 rings (SSSR count). The number of anilines is 1. The van der Waals surface area contributed by atoms with Crippen LogP contribution in [0.3, 0.4) is 0 Å². The number of methoxy groups -OCH3 is 1. The number of phenolic OH excluding ortho intramolecular Hbond substituents is 1. The quantitative estimate of drug-likeness (QED) is 0.0279. The van der Waals surface area contributed by atoms with Gasteiger partial charge in [0, 0.05) is 67.2 Å². The minimum atomic E-state index is -0.885. The topological polar surface area (TPSA) is 150 Å². The molecule has 0 spiro atoms. The number of carbonyl (C=O) groups is 2. The average molecular weight is 1010 g/mol. The number of nitrogens with zero attached hydrogens (tertiary/aromatic N) is 4. The van der Waals surface area contributed by atoms with Crippen molar-refractivity contribution in [1.29, 1.82) is 0 Å². The summed E-state index contributed by atoms with van der Waals surface area (Å²) >= 11 is 0. The highest BCUT2D eigenvalue weighted by Crippen LogP contribution is 2.40. The second kappa shape index (κ2) is 27.9. The van der Waals surface area contributed by atoms with Gasteiger partial charge in [0.05, 0.1) is 23.6 Å². The van der Waals surface area contributed by atoms with Gasteiger partial charge in [0.2, 0.25) is 0 Å². The fraction of sp³-hybridized carbons (Fsp3) is 0.534. The minimum Gasteiger partial charge on any atom is -0.508 e. The number of pyridine rings is 1. The lowest BCUT2D eigenvalue weighted by molar-refractivity contribution is -0.145. The molecule has 12 nitrogen and oxygen atoms in total. The van der Waals surface area contributed by atoms with Crippen LogP contribution in [0, 0.1) is 29.9 Å². The number of benzene rings is 3. The SMILES string of the molecule is C#Cc1c(F)ccc2cc(O)cc(-c3ncc4c(N5CCNC(CCC(=O)OCc6ccc(OC)cc6)C5)nc(=O)[nH]c4c3F)c12.CCCCCCCCC(C=O)CCCCCC.C[C@@]12CCCN1C[C@H](F)C2. The fourth-order valence-corrected chi connectivity index (χ4v) is 10.4. The van der Waals surface area contributed by atoms with Crippen molar-refractivity contribution in [3.63, 3.8) is 0 Å². The number of piperazine rings is 1. The molecule has 3 saturated heterocycles. The first-order valence-corrected chi connectivity index (χ1v) is 26.4. The van der Waals surface area contributed by atoms with Crippen LogP contribution in [0.5, 0.6) is 11.5 Å². The molecule has 5 heterocycles. The summed E-state index contributed by atoms with van der Waals surface area (Å²) < 4.78 is 54.3. The molecule has 0 amide bonds. The molecule has 2 unspecified atom stereocenters. The van der Waals surface area contributed by atoms with Crippen molar-refractivity contribution in [2.75, 3.05) is 44.7 Å². The van der Waals surface area contributed by atoms with Crippen LogP contribution >= 0.6 is 0 Å². The molecule has 0 aliphatic carbocycles. The molecule has 3 N–H and O–H groups in total. The number of hydrogen-bond acceptors (Lipinski definition) is 11. The van der Waals surface area contributed by atoms with Gasteiger partial charge in [-0.3, -0.25) is 14.7 Å². The van der Waals surface area contributed by atoms with Crippen LogP contribution in [0.1, 0.15) is 141 Å². The predicted molar refractivity (Wildman–Crippen MR) is 284 cm³/mol. The van der Waals surface area contributed by atoms with Gasteiger partial charge in [-0.05, 0) is 93.3 Å². The monoisotopic (exact) mass is 1010 g/mol. The van der Waals surface area contributed by atoms with Gasteiger partial charge in [-0.25, -0.2) is 18.0 Å². The van der Waals surface area contributed by atoms with Gasteiger partial charge < -0.3 is 34.6 Å². The van der Waals surface area contributed by atoms with Crippen LogP contribution in [0.2, 0.25) is 0 Å². The third-order valence-electron chi connectivity index (χ3n) is 14.5. The number of aldehydes is 1. The Morgan fingerprint density at radius 1 is 1.00 bits per heavy atom. The van der Waals surface area contributed by atoms with E-state index in [0.29, 0.717) is 49.7 Å². The summed E-state index contributed by atoms with van der Waals surface area (Å²) in [6.07, 6.45) is 26.9. The van der Waals surface area contributed by atoms with E-state index in [4.69, 9.17) is 15.9 Å². The van der Waals surface area contributed by atoms with E-state index in [0.717, 1.165) is 31.4 Å². The Morgan fingerprint density at radius 2 is 1.71 bits per heavy atom. The molecule has 2 aromatic heterocycles. The first-order valence-electron chi connectivity index (χ1n) is 26.4. The second-order valence-corrected chi connectivity index (χ2v) is 20.0. The van der Waals surface area contributed by atoms with E-state index in [2.05, 4.69) is 51.9 Å². The van der Waals surface area contributed by atoms with Gasteiger partial charge in [0.1, 0.15) is 47.9 Å². The van der Waals surface area contributed by atoms with Crippen molar-refractivity contribution >= 4 is 39.7 Å². The molecule has 3 aliphatic heterocycles. The zero-order chi connectivity index (χ0) is 52.3. The Balaban J connectivity index is 0.000000262. The number of hydrogen-bond donors (Lipinski definition) is 3. The number of alkyl halides is 1. The highest BCUT2D eigenvalue weighted by Gasteiger charge is 2.44. The normalized spacial score (nSPS) is 18.8. The third-order valence-corrected chi connectivity index (χ3v) is 14.5. The smallest absolute Gasteiger partial charge is 0.347 e. The van der Waals surface area contributed by atoms with Crippen molar-refractivity contribution < 1.29 is 37.3 Å². The van der Waals surface area contributed by atoms with E-state index < -0.39 is 23.5 Å². The molecule has 0 bridgehead atoms. The number of esters is 1. The Kier molecular flexibility index (Phi) is 21.5. The number of fused-ring (bicyclic) bond motifs is 3. The fourth-order valence-electron chi connectivity index (χ4n) is 10.4. The molecule has 3 fully saturated rings. The predicted octanol–water partition coefficient (Wildman–Crippen LogP) is 11.5. The van der Waals surface area contributed by atoms with Gasteiger partial charge in [-0.2, -0.15) is 4.98 Å². The summed E-state index contributed by atoms with van der Waals surface area (Å²) in [6.45, 7) is 10.0. The van der Waals surface area contributed by atoms with Crippen LogP contribution in [0.15, 0.2) is 59.5 Å². The molecule has 73 heavy (non-hydrogen) atoms. The van der Waals surface area contributed by atoms with E-state index in [1.807, 2.05) is 17.0 Å². The van der Waals surface area contributed by atoms with E-state index in [1.54, 1.807) is 19.2 Å². The van der Waals surface area contributed by atoms with Crippen molar-refractivity contribution in [3.05, 3.63) is 88.0 Å². The summed E-state index contributed by atoms with van der Waals surface area (Å²) in [5.74, 6) is 1.49. The zero-order valence-corrected chi connectivity index (χ0v) is 43.3. The Morgan fingerprint density at radius 3 is 2.40 bits per heavy atom. The molecule has 15 heteroatoms. The Bertz CT molecular complexity index is 2690. The van der Waals surface area contributed by atoms with Crippen LogP contribution in [-0.2, 0) is 20.9 Å². The number of halogens is 3. The lowest BCUT2D eigenvalue weighted by atomic mass is 9.95. The van der Waals surface area contributed by atoms with Gasteiger partial charge in [0.15, 0.2) is 5.82 Å². The Labute approximate surface area is 428 Å². The van der Waals surface area contributed by atoms with E-state index in [-0.39, 0.29) is 75.3 Å². The van der Waals surface area contributed by atoms with Gasteiger partial charge in [-0.15, -0.1) is 6.42 Å². The highest BCUT2D eigenvalue weighted by molar-refractivity contribution is 6.03. The number of aromatic amines is 1. The number of aromatic hydroxyl groups is 1. The van der Waals surface area contributed by atoms with E-state index >= 15 is 4.39 Å². The zero-order valence-electron chi connectivity index (χ0n) is 43.3. The molecule has 4 atom stereocenters. The van der Waals surface area contributed by atoms with E-state index in [9.17, 15) is 28.3 Å². The van der Waals surface area contributed by atoms with Crippen molar-refractivity contribution in [2.45, 2.75) is 154 Å². The van der Waals surface area contributed by atoms with Gasteiger partial charge >= 0.3 is 11.7 Å². The number of terminal acetylenes is 1. The average Bonchev–Trinajstić information content (AvgIpc) is 3.89. The highest BCUT2D eigenvalue weighted by atomic mass is 19.1. The standard InChI is InChI=1S/C34H29F2N5O5.C16H32O.C8H14FN/c1-3-24-27(35)10-6-20-14-22(42)15-25(29(20)24)31-30(36)32-26(16-38-31)33(40-34(44)39-32)41-13-12-37-21(17-41)7-11-28(43)46-18-19-4-8-23(45-2)9-5-19;1-3-5-7-9-10-12-14-16(15-17)13-11-8-6-4-2;1-8-3-2-4-10(8)6-7(9)5-8/h1,4-6,8-10,14-16,21,37,42H,7,11-13,17-18H2,2H3,(H,39,40,44);15-16H,3-14H2,1-2H3;7H,2-6H2,1H3/t;;7-,8+/m..1/s1. The van der Waals surface area contributed by atoms with E-state index in [1.165, 1.54) is 114 Å². The van der Waals surface area contributed by atoms with Crippen LogP contribution < -0.4 is 20.6 Å². The number of H-pyrrole nitrogens is 1. The number of ether oxygens (including phenoxy) is 2. The molecular weight excluding hydrogens is 934 g/mol. The molecular formula is C58H75F3N6O6. The number of aromatic nitrogens is 3. The van der Waals surface area contributed by atoms with Crippen molar-refractivity contribution in [3.8, 4) is 35.1 Å². The van der Waals surface area contributed by atoms with Crippen LogP contribution in [-0.4, -0.2) is 94.8 Å². The molecule has 3 aliphatic rings. The number of rotatable bonds is 21. The number of phenols is 1. The maximum absolute atomic E-state index is 16.2. The lowest BCUT2D eigenvalue weighted by Gasteiger charge is -2.34. The summed E-state index contributed by atoms with van der Waals surface area (Å²) in [5.41, 5.74) is -0.0992. The molecule has 0 radical (unpaired) electrons. The number of unbranched alkanes of at least 4 members (excludes halogenated alkanes) is 8. The molecule has 3 aromatic carbocycles. The number of nitrogens with one attached hydrogen (secondary N) is 2. The van der Waals surface area contributed by atoms with Crippen molar-refractivity contribution in [1.82, 2.24) is 25.2 Å². The number of carbonyl (C=O) groups excluding carboxylic acids is 2. The lowest BCUT2D eigenvalue weighted by Crippen LogP contribution is -2.51. The maximum Gasteiger partial charge on any atom is 0.347 e. The summed E-state index contributed by atoms with van der Waals surface area (Å²) in [5, 5.41) is 14.6. The second-order valence-electron chi connectivity index (χ2n) is 20.0. The first kappa shape index (κ1) is 56.3. The van der Waals surface area contributed by atoms with Crippen LogP contribution in [0.4, 0.5) is 19.0 Å². The van der Waals surface area contributed by atoms with Gasteiger partial charge in [-0.1, -0.05) is 102 Å². The maximum atomic E-state index is 16.2. The third kappa shape index (κ3) is 15.5. The molecule has 0 saturated carbocycles. The first-order chi connectivity index (χ1) is 35.3. The molecule has 5 aromatic rings.